The molecule has 0 aliphatic carbocycles. The molecule has 0 rings (SSSR count). The summed E-state index contributed by atoms with van der Waals surface area (Å²) in [5.74, 6) is -0.733. The first kappa shape index (κ1) is 7.10. The van der Waals surface area contributed by atoms with Crippen molar-refractivity contribution in [2.75, 3.05) is 5.94 Å². The van der Waals surface area contributed by atoms with Crippen molar-refractivity contribution in [1.29, 1.82) is 0 Å². The summed E-state index contributed by atoms with van der Waals surface area (Å²) in [6.07, 6.45) is -4.55. The van der Waals surface area contributed by atoms with Crippen molar-refractivity contribution in [2.24, 2.45) is 0 Å². The van der Waals surface area contributed by atoms with Crippen molar-refractivity contribution in [3.05, 3.63) is 0 Å². The second-order valence-electron chi connectivity index (χ2n) is 0.708. The maximum Gasteiger partial charge on any atom is 0.523 e. The SMILES string of the molecule is FC(F)(F)OC[S]. The lowest BCUT2D eigenvalue weighted by Gasteiger charge is -2.00. The Morgan fingerprint density at radius 3 is 1.86 bits per heavy atom. The Labute approximate surface area is 43.9 Å². The fraction of sp³-hybridized carbons (Fsp3) is 1.00. The van der Waals surface area contributed by atoms with E-state index in [4.69, 9.17) is 0 Å². The third-order valence-corrected chi connectivity index (χ3v) is 0.340. The van der Waals surface area contributed by atoms with E-state index in [1.165, 1.54) is 0 Å². The van der Waals surface area contributed by atoms with Gasteiger partial charge in [0.15, 0.2) is 0 Å². The van der Waals surface area contributed by atoms with E-state index in [1.807, 2.05) is 0 Å². The topological polar surface area (TPSA) is 9.23 Å². The predicted octanol–water partition coefficient (Wildman–Crippen LogP) is 1.68. The van der Waals surface area contributed by atoms with Crippen molar-refractivity contribution < 1.29 is 17.9 Å². The largest absolute Gasteiger partial charge is 0.523 e. The highest BCUT2D eigenvalue weighted by Crippen LogP contribution is 2.15. The summed E-state index contributed by atoms with van der Waals surface area (Å²) in [7, 11) is 0. The minimum absolute atomic E-state index is 0.733. The van der Waals surface area contributed by atoms with Crippen molar-refractivity contribution in [3.8, 4) is 0 Å². The third-order valence-electron chi connectivity index (χ3n) is 0.223. The van der Waals surface area contributed by atoms with Crippen LogP contribution in [0, 0.1) is 0 Å². The first-order chi connectivity index (χ1) is 3.06. The smallest absolute Gasteiger partial charge is 0.280 e. The number of alkyl halides is 3. The van der Waals surface area contributed by atoms with Gasteiger partial charge in [0.1, 0.15) is 5.94 Å². The fourth-order valence-corrected chi connectivity index (χ4v) is 0.200. The molecule has 0 aliphatic heterocycles. The molecule has 0 spiro atoms. The van der Waals surface area contributed by atoms with Crippen LogP contribution in [0.4, 0.5) is 13.2 Å². The van der Waals surface area contributed by atoms with Crippen LogP contribution in [0.3, 0.4) is 0 Å². The van der Waals surface area contributed by atoms with Crippen molar-refractivity contribution in [3.63, 3.8) is 0 Å². The Balaban J connectivity index is 3.15. The van der Waals surface area contributed by atoms with E-state index in [-0.39, 0.29) is 0 Å². The van der Waals surface area contributed by atoms with Gasteiger partial charge in [0, 0.05) is 0 Å². The van der Waals surface area contributed by atoms with Gasteiger partial charge in [-0.05, 0) is 0 Å². The summed E-state index contributed by atoms with van der Waals surface area (Å²) < 4.78 is 35.3. The molecule has 0 amide bonds. The van der Waals surface area contributed by atoms with E-state index in [9.17, 15) is 13.2 Å². The summed E-state index contributed by atoms with van der Waals surface area (Å²) in [4.78, 5) is 0. The van der Waals surface area contributed by atoms with Crippen LogP contribution >= 0.6 is 12.6 Å². The average molecular weight is 131 g/mol. The lowest BCUT2D eigenvalue weighted by Crippen LogP contribution is -2.11. The zero-order valence-electron chi connectivity index (χ0n) is 3.16. The zero-order chi connectivity index (χ0) is 5.91. The van der Waals surface area contributed by atoms with Gasteiger partial charge in [-0.15, -0.1) is 13.2 Å². The van der Waals surface area contributed by atoms with Crippen molar-refractivity contribution in [1.82, 2.24) is 0 Å². The molecule has 0 N–H and O–H groups in total. The number of rotatable bonds is 1. The van der Waals surface area contributed by atoms with E-state index in [1.54, 1.807) is 0 Å². The second-order valence-corrected chi connectivity index (χ2v) is 0.944. The number of hydrogen-bond acceptors (Lipinski definition) is 1. The highest BCUT2D eigenvalue weighted by atomic mass is 32.1. The molecule has 0 aromatic carbocycles. The Bertz CT molecular complexity index is 51.4. The van der Waals surface area contributed by atoms with Crippen LogP contribution in [-0.4, -0.2) is 12.3 Å². The highest BCUT2D eigenvalue weighted by molar-refractivity contribution is 7.80. The van der Waals surface area contributed by atoms with Crippen LogP contribution in [0.1, 0.15) is 0 Å². The first-order valence-electron chi connectivity index (χ1n) is 1.35. The maximum absolute atomic E-state index is 10.8. The molecule has 1 nitrogen and oxygen atoms in total. The number of ether oxygens (including phenoxy) is 1. The maximum atomic E-state index is 10.8. The lowest BCUT2D eigenvalue weighted by molar-refractivity contribution is -0.315. The molecule has 0 atom stereocenters. The van der Waals surface area contributed by atoms with Gasteiger partial charge in [-0.2, -0.15) is 0 Å². The molecule has 0 fully saturated rings. The van der Waals surface area contributed by atoms with Gasteiger partial charge in [0.25, 0.3) is 0 Å². The first-order valence-corrected chi connectivity index (χ1v) is 1.93. The van der Waals surface area contributed by atoms with E-state index in [0.29, 0.717) is 0 Å². The molecule has 0 aromatic heterocycles. The van der Waals surface area contributed by atoms with E-state index in [0.717, 1.165) is 0 Å². The molecule has 0 saturated heterocycles. The van der Waals surface area contributed by atoms with Crippen LogP contribution in [0.5, 0.6) is 0 Å². The van der Waals surface area contributed by atoms with Gasteiger partial charge >= 0.3 is 6.36 Å². The highest BCUT2D eigenvalue weighted by Gasteiger charge is 2.27. The molecular formula is C2H2F3OS. The number of hydrogen-bond donors (Lipinski definition) is 0. The summed E-state index contributed by atoms with van der Waals surface area (Å²) in [6.45, 7) is 0. The summed E-state index contributed by atoms with van der Waals surface area (Å²) in [6, 6.07) is 0. The monoisotopic (exact) mass is 131 g/mol. The summed E-state index contributed by atoms with van der Waals surface area (Å²) >= 11 is 3.86. The number of halogens is 3. The Hall–Kier alpha value is 0.100. The second kappa shape index (κ2) is 2.42. The van der Waals surface area contributed by atoms with Gasteiger partial charge in [-0.3, -0.25) is 4.74 Å². The molecule has 43 valence electrons. The van der Waals surface area contributed by atoms with Gasteiger partial charge in [-0.25, -0.2) is 0 Å². The Kier molecular flexibility index (Phi) is 2.45. The van der Waals surface area contributed by atoms with Gasteiger partial charge < -0.3 is 0 Å². The molecule has 7 heavy (non-hydrogen) atoms. The summed E-state index contributed by atoms with van der Waals surface area (Å²) in [5.41, 5.74) is 0. The molecule has 0 saturated carbocycles. The van der Waals surface area contributed by atoms with Crippen LogP contribution in [0.25, 0.3) is 0 Å². The quantitative estimate of drug-likeness (QED) is 0.526. The Morgan fingerprint density at radius 1 is 1.43 bits per heavy atom. The minimum atomic E-state index is -4.55. The Morgan fingerprint density at radius 2 is 1.86 bits per heavy atom. The van der Waals surface area contributed by atoms with Gasteiger partial charge in [0.2, 0.25) is 0 Å². The van der Waals surface area contributed by atoms with E-state index >= 15 is 0 Å². The van der Waals surface area contributed by atoms with Crippen LogP contribution in [0.2, 0.25) is 0 Å². The normalized spacial score (nSPS) is 12.0. The molecule has 0 aliphatic rings. The minimum Gasteiger partial charge on any atom is -0.280 e. The molecule has 0 heterocycles. The fourth-order valence-electron chi connectivity index (χ4n) is 0.0668. The van der Waals surface area contributed by atoms with Crippen LogP contribution in [-0.2, 0) is 4.74 Å². The summed E-state index contributed by atoms with van der Waals surface area (Å²) in [5, 5.41) is 0. The molecule has 0 aromatic rings. The van der Waals surface area contributed by atoms with E-state index in [2.05, 4.69) is 17.4 Å². The lowest BCUT2D eigenvalue weighted by atomic mass is 11.3. The van der Waals surface area contributed by atoms with Crippen LogP contribution < -0.4 is 0 Å². The van der Waals surface area contributed by atoms with Crippen molar-refractivity contribution in [2.45, 2.75) is 6.36 Å². The molecule has 1 radical (unpaired) electrons. The molecule has 0 bridgehead atoms. The molecule has 0 unspecified atom stereocenters. The third kappa shape index (κ3) is 6.10. The predicted molar refractivity (Wildman–Crippen MR) is 19.6 cm³/mol. The zero-order valence-corrected chi connectivity index (χ0v) is 3.97. The van der Waals surface area contributed by atoms with Crippen LogP contribution in [0.15, 0.2) is 0 Å². The molecule has 5 heteroatoms. The average Bonchev–Trinajstić information content (AvgIpc) is 1.30. The van der Waals surface area contributed by atoms with Gasteiger partial charge in [-0.1, -0.05) is 12.6 Å². The van der Waals surface area contributed by atoms with Crippen molar-refractivity contribution >= 4 is 12.6 Å². The molecular weight excluding hydrogens is 129 g/mol. The van der Waals surface area contributed by atoms with E-state index < -0.39 is 12.3 Å². The standard InChI is InChI=1S/C2H2F3OS/c3-2(4,5)6-1-7/h1H2. The van der Waals surface area contributed by atoms with Gasteiger partial charge in [0.05, 0.1) is 0 Å².